The zero-order valence-corrected chi connectivity index (χ0v) is 6.30. The highest BCUT2D eigenvalue weighted by atomic mass is 17.0. The molecule has 68 valence electrons. The van der Waals surface area contributed by atoms with E-state index in [1.165, 1.54) is 0 Å². The Labute approximate surface area is 68.1 Å². The lowest BCUT2D eigenvalue weighted by molar-refractivity contribution is -0.811. The van der Waals surface area contributed by atoms with Gasteiger partial charge in [0.25, 0.3) is 0 Å². The smallest absolute Gasteiger partial charge is 0.312 e. The second-order valence-corrected chi connectivity index (χ2v) is 2.51. The van der Waals surface area contributed by atoms with Gasteiger partial charge in [0.2, 0.25) is 5.91 Å². The van der Waals surface area contributed by atoms with E-state index in [2.05, 4.69) is 4.94 Å². The lowest BCUT2D eigenvalue weighted by atomic mass is 10.2. The van der Waals surface area contributed by atoms with Crippen molar-refractivity contribution < 1.29 is 14.8 Å². The van der Waals surface area contributed by atoms with Gasteiger partial charge in [-0.2, -0.15) is 0 Å². The molecule has 0 bridgehead atoms. The molecule has 0 aromatic carbocycles. The molecule has 0 spiro atoms. The maximum atomic E-state index is 10.7. The second kappa shape index (κ2) is 3.35. The first kappa shape index (κ1) is 8.72. The summed E-state index contributed by atoms with van der Waals surface area (Å²) in [5.41, 5.74) is 4.98. The molecule has 0 saturated carbocycles. The number of nitrogens with two attached hydrogens (primary N) is 1. The third-order valence-corrected chi connectivity index (χ3v) is 1.70. The van der Waals surface area contributed by atoms with Crippen molar-refractivity contribution in [3.8, 4) is 0 Å². The summed E-state index contributed by atoms with van der Waals surface area (Å²) in [5.74, 6) is -0.589. The van der Waals surface area contributed by atoms with Crippen LogP contribution in [0.5, 0.6) is 0 Å². The van der Waals surface area contributed by atoms with E-state index in [0.717, 1.165) is 5.06 Å². The van der Waals surface area contributed by atoms with Crippen molar-refractivity contribution in [2.45, 2.75) is 18.9 Å². The monoisotopic (exact) mass is 175 g/mol. The molecule has 0 aliphatic carbocycles. The molecule has 12 heavy (non-hydrogen) atoms. The van der Waals surface area contributed by atoms with E-state index in [9.17, 15) is 14.9 Å². The molecule has 0 aromatic heterocycles. The van der Waals surface area contributed by atoms with Crippen molar-refractivity contribution in [3.63, 3.8) is 0 Å². The minimum absolute atomic E-state index is 0.370. The Morgan fingerprint density at radius 2 is 2.42 bits per heavy atom. The fourth-order valence-corrected chi connectivity index (χ4v) is 1.21. The van der Waals surface area contributed by atoms with Gasteiger partial charge in [0.15, 0.2) is 0 Å². The van der Waals surface area contributed by atoms with Gasteiger partial charge in [-0.1, -0.05) is 0 Å². The van der Waals surface area contributed by atoms with Crippen LogP contribution < -0.4 is 5.73 Å². The summed E-state index contributed by atoms with van der Waals surface area (Å²) in [7, 11) is 0. The van der Waals surface area contributed by atoms with Gasteiger partial charge in [0.05, 0.1) is 0 Å². The normalized spacial score (nSPS) is 23.8. The van der Waals surface area contributed by atoms with Gasteiger partial charge >= 0.3 is 5.09 Å². The van der Waals surface area contributed by atoms with Crippen molar-refractivity contribution in [3.05, 3.63) is 10.1 Å². The Morgan fingerprint density at radius 3 is 2.92 bits per heavy atom. The van der Waals surface area contributed by atoms with Gasteiger partial charge in [-0.15, -0.1) is 15.2 Å². The molecule has 0 radical (unpaired) electrons. The average Bonchev–Trinajstić information content (AvgIpc) is 2.33. The van der Waals surface area contributed by atoms with E-state index >= 15 is 0 Å². The molecule has 1 unspecified atom stereocenters. The Bertz CT molecular complexity index is 207. The molecule has 7 heteroatoms. The lowest BCUT2D eigenvalue weighted by Gasteiger charge is -2.17. The molecule has 7 nitrogen and oxygen atoms in total. The molecule has 1 aliphatic rings. The van der Waals surface area contributed by atoms with Crippen LogP contribution in [-0.2, 0) is 9.73 Å². The molecular formula is C5H9N3O4. The predicted octanol–water partition coefficient (Wildman–Crippen LogP) is -0.941. The van der Waals surface area contributed by atoms with E-state index in [4.69, 9.17) is 5.73 Å². The number of hydroxylamine groups is 2. The second-order valence-electron chi connectivity index (χ2n) is 2.51. The summed E-state index contributed by atoms with van der Waals surface area (Å²) in [6.07, 6.45) is 1.20. The standard InChI is InChI=1S/C5H9N3O4/c6-5(9)4-2-1-3-7(4)12-8(10)11/h4H,1-3H2,(H2,6,9). The molecule has 1 saturated heterocycles. The lowest BCUT2D eigenvalue weighted by Crippen LogP contribution is -2.41. The molecule has 1 amide bonds. The zero-order chi connectivity index (χ0) is 9.14. The van der Waals surface area contributed by atoms with Gasteiger partial charge in [-0.05, 0) is 12.8 Å². The maximum Gasteiger partial charge on any atom is 0.312 e. The SMILES string of the molecule is NC(=O)C1CCCN1O[N+](=O)[O-]. The molecule has 1 heterocycles. The molecule has 0 aromatic rings. The molecule has 1 rings (SSSR count). The number of hydrogen-bond acceptors (Lipinski definition) is 5. The quantitative estimate of drug-likeness (QED) is 0.440. The average molecular weight is 175 g/mol. The van der Waals surface area contributed by atoms with Crippen molar-refractivity contribution in [2.75, 3.05) is 6.54 Å². The van der Waals surface area contributed by atoms with Gasteiger partial charge in [-0.3, -0.25) is 4.79 Å². The van der Waals surface area contributed by atoms with E-state index in [1.807, 2.05) is 0 Å². The Morgan fingerprint density at radius 1 is 1.75 bits per heavy atom. The van der Waals surface area contributed by atoms with Crippen LogP contribution >= 0.6 is 0 Å². The first-order valence-electron chi connectivity index (χ1n) is 3.49. The van der Waals surface area contributed by atoms with Crippen LogP contribution in [0.3, 0.4) is 0 Å². The van der Waals surface area contributed by atoms with Crippen LogP contribution in [0.25, 0.3) is 0 Å². The molecule has 1 fully saturated rings. The van der Waals surface area contributed by atoms with Crippen LogP contribution in [0.1, 0.15) is 12.8 Å². The summed E-state index contributed by atoms with van der Waals surface area (Å²) < 4.78 is 0. The first-order chi connectivity index (χ1) is 5.61. The van der Waals surface area contributed by atoms with E-state index in [0.29, 0.717) is 19.4 Å². The summed E-state index contributed by atoms with van der Waals surface area (Å²) in [4.78, 5) is 24.7. The molecule has 1 atom stereocenters. The van der Waals surface area contributed by atoms with Gasteiger partial charge in [0, 0.05) is 6.54 Å². The zero-order valence-electron chi connectivity index (χ0n) is 6.30. The number of carbonyl (C=O) groups is 1. The van der Waals surface area contributed by atoms with Gasteiger partial charge < -0.3 is 5.73 Å². The molecule has 2 N–H and O–H groups in total. The molecule has 1 aliphatic heterocycles. The number of amides is 1. The number of carbonyl (C=O) groups excluding carboxylic acids is 1. The highest BCUT2D eigenvalue weighted by Crippen LogP contribution is 2.16. The summed E-state index contributed by atoms with van der Waals surface area (Å²) in [6.45, 7) is 0.370. The van der Waals surface area contributed by atoms with Crippen molar-refractivity contribution in [2.24, 2.45) is 5.73 Å². The minimum Gasteiger partial charge on any atom is -0.368 e. The highest BCUT2D eigenvalue weighted by Gasteiger charge is 2.31. The number of hydrogen-bond donors (Lipinski definition) is 1. The van der Waals surface area contributed by atoms with Crippen LogP contribution in [0.2, 0.25) is 0 Å². The van der Waals surface area contributed by atoms with Crippen LogP contribution in [0.15, 0.2) is 0 Å². The summed E-state index contributed by atoms with van der Waals surface area (Å²) in [5, 5.41) is 9.97. The fourth-order valence-electron chi connectivity index (χ4n) is 1.21. The Hall–Kier alpha value is -1.37. The van der Waals surface area contributed by atoms with Crippen molar-refractivity contribution in [1.29, 1.82) is 0 Å². The van der Waals surface area contributed by atoms with Gasteiger partial charge in [0.1, 0.15) is 6.04 Å². The fraction of sp³-hybridized carbons (Fsp3) is 0.800. The highest BCUT2D eigenvalue weighted by molar-refractivity contribution is 5.79. The minimum atomic E-state index is -0.943. The number of nitrogens with zero attached hydrogens (tertiary/aromatic N) is 2. The maximum absolute atomic E-state index is 10.7. The van der Waals surface area contributed by atoms with Gasteiger partial charge in [-0.25, -0.2) is 4.94 Å². The summed E-state index contributed by atoms with van der Waals surface area (Å²) in [6, 6.07) is -0.657. The third-order valence-electron chi connectivity index (χ3n) is 1.70. The number of rotatable bonds is 3. The third kappa shape index (κ3) is 1.82. The summed E-state index contributed by atoms with van der Waals surface area (Å²) >= 11 is 0. The predicted molar refractivity (Wildman–Crippen MR) is 37.0 cm³/mol. The van der Waals surface area contributed by atoms with Crippen molar-refractivity contribution >= 4 is 5.91 Å². The number of primary amides is 1. The topological polar surface area (TPSA) is 98.7 Å². The Balaban J connectivity index is 2.52. The van der Waals surface area contributed by atoms with Crippen molar-refractivity contribution in [1.82, 2.24) is 5.06 Å². The Kier molecular flexibility index (Phi) is 2.44. The van der Waals surface area contributed by atoms with E-state index < -0.39 is 17.0 Å². The van der Waals surface area contributed by atoms with Crippen LogP contribution in [0.4, 0.5) is 0 Å². The largest absolute Gasteiger partial charge is 0.368 e. The van der Waals surface area contributed by atoms with E-state index in [1.54, 1.807) is 0 Å². The first-order valence-corrected chi connectivity index (χ1v) is 3.49. The van der Waals surface area contributed by atoms with E-state index in [-0.39, 0.29) is 0 Å². The van der Waals surface area contributed by atoms with Crippen LogP contribution in [-0.4, -0.2) is 28.6 Å². The molecular weight excluding hydrogens is 166 g/mol. The van der Waals surface area contributed by atoms with Crippen LogP contribution in [0, 0.1) is 10.1 Å².